The van der Waals surface area contributed by atoms with Crippen LogP contribution in [-0.4, -0.2) is 43.9 Å². The van der Waals surface area contributed by atoms with Crippen LogP contribution < -0.4 is 14.2 Å². The van der Waals surface area contributed by atoms with Crippen LogP contribution in [0.5, 0.6) is 11.6 Å². The molecule has 0 atom stereocenters. The first-order valence-electron chi connectivity index (χ1n) is 10.8. The van der Waals surface area contributed by atoms with E-state index in [-0.39, 0.29) is 25.8 Å². The summed E-state index contributed by atoms with van der Waals surface area (Å²) in [5, 5.41) is -0.399. The van der Waals surface area contributed by atoms with Gasteiger partial charge in [0.2, 0.25) is 5.88 Å². The summed E-state index contributed by atoms with van der Waals surface area (Å²) >= 11 is 0. The van der Waals surface area contributed by atoms with E-state index in [1.54, 1.807) is 13.0 Å². The highest BCUT2D eigenvalue weighted by molar-refractivity contribution is 7.90. The van der Waals surface area contributed by atoms with Gasteiger partial charge in [-0.3, -0.25) is 4.79 Å². The van der Waals surface area contributed by atoms with Crippen molar-refractivity contribution in [2.24, 2.45) is 5.92 Å². The van der Waals surface area contributed by atoms with Crippen molar-refractivity contribution in [3.05, 3.63) is 65.6 Å². The van der Waals surface area contributed by atoms with E-state index in [1.165, 1.54) is 30.3 Å². The van der Waals surface area contributed by atoms with Crippen molar-refractivity contribution in [3.8, 4) is 22.9 Å². The van der Waals surface area contributed by atoms with E-state index in [0.29, 0.717) is 12.3 Å². The molecular formula is C24H28F3N3O5S. The Morgan fingerprint density at radius 3 is 2.47 bits per heavy atom. The van der Waals surface area contributed by atoms with E-state index in [1.807, 2.05) is 18.6 Å². The molecule has 0 bridgehead atoms. The van der Waals surface area contributed by atoms with Gasteiger partial charge in [0.15, 0.2) is 11.6 Å². The van der Waals surface area contributed by atoms with Crippen molar-refractivity contribution in [2.45, 2.75) is 32.2 Å². The summed E-state index contributed by atoms with van der Waals surface area (Å²) < 4.78 is 77.4. The van der Waals surface area contributed by atoms with Gasteiger partial charge in [0.1, 0.15) is 17.1 Å². The number of sulfonamides is 1. The van der Waals surface area contributed by atoms with Gasteiger partial charge in [-0.05, 0) is 49.2 Å². The third-order valence-corrected chi connectivity index (χ3v) is 5.80. The molecule has 0 aliphatic heterocycles. The molecule has 1 aromatic carbocycles. The van der Waals surface area contributed by atoms with E-state index < -0.39 is 51.2 Å². The van der Waals surface area contributed by atoms with Crippen molar-refractivity contribution in [2.75, 3.05) is 13.2 Å². The van der Waals surface area contributed by atoms with Crippen LogP contribution in [0.15, 0.2) is 53.6 Å². The molecule has 2 aromatic heterocycles. The summed E-state index contributed by atoms with van der Waals surface area (Å²) in [4.78, 5) is 20.7. The molecule has 8 nitrogen and oxygen atoms in total. The number of rotatable bonds is 10. The minimum Gasteiger partial charge on any atom is -0.493 e. The fourth-order valence-electron chi connectivity index (χ4n) is 2.98. The molecule has 36 heavy (non-hydrogen) atoms. The summed E-state index contributed by atoms with van der Waals surface area (Å²) in [5.41, 5.74) is 0.319. The van der Waals surface area contributed by atoms with Crippen molar-refractivity contribution in [1.29, 1.82) is 0 Å². The molecule has 0 aliphatic rings. The topological polar surface area (TPSA) is 107 Å². The lowest BCUT2D eigenvalue weighted by Gasteiger charge is -2.14. The van der Waals surface area contributed by atoms with Crippen LogP contribution in [0.2, 0.25) is 0 Å². The van der Waals surface area contributed by atoms with Crippen LogP contribution in [0.25, 0.3) is 11.3 Å². The molecule has 0 unspecified atom stereocenters. The number of hydrogen-bond acceptors (Lipinski definition) is 7. The van der Waals surface area contributed by atoms with E-state index in [9.17, 15) is 26.4 Å². The first kappa shape index (κ1) is 26.9. The number of nitrogens with one attached hydrogen (secondary N) is 1. The summed E-state index contributed by atoms with van der Waals surface area (Å²) in [6.45, 7) is 4.66. The number of pyridine rings is 2. The lowest BCUT2D eigenvalue weighted by Crippen LogP contribution is -2.32. The van der Waals surface area contributed by atoms with Crippen LogP contribution in [0.1, 0.15) is 32.8 Å². The maximum Gasteiger partial charge on any atom is 0.281 e. The molecule has 3 aromatic rings. The van der Waals surface area contributed by atoms with Gasteiger partial charge < -0.3 is 9.47 Å². The average Bonchev–Trinajstić information content (AvgIpc) is 2.80. The first-order valence-corrected chi connectivity index (χ1v) is 12.3. The molecule has 0 aliphatic carbocycles. The van der Waals surface area contributed by atoms with Crippen molar-refractivity contribution in [1.82, 2.24) is 14.7 Å². The Morgan fingerprint density at radius 2 is 1.81 bits per heavy atom. The Bertz CT molecular complexity index is 1360. The minimum atomic E-state index is -4.37. The number of amides is 1. The van der Waals surface area contributed by atoms with Crippen molar-refractivity contribution < 1.29 is 38.7 Å². The van der Waals surface area contributed by atoms with Crippen LogP contribution >= 0.6 is 0 Å². The van der Waals surface area contributed by atoms with Gasteiger partial charge in [-0.2, -0.15) is 8.42 Å². The lowest BCUT2D eigenvalue weighted by molar-refractivity contribution is 0.0776. The van der Waals surface area contributed by atoms with Crippen LogP contribution in [0.4, 0.5) is 13.2 Å². The highest BCUT2D eigenvalue weighted by Crippen LogP contribution is 2.28. The Hall–Kier alpha value is -3.67. The number of nitrogens with zero attached hydrogens (tertiary/aromatic N) is 2. The molecule has 196 valence electrons. The Labute approximate surface area is 209 Å². The average molecular weight is 528 g/mol. The normalized spacial score (nSPS) is 11.6. The van der Waals surface area contributed by atoms with E-state index in [4.69, 9.17) is 9.47 Å². The second kappa shape index (κ2) is 11.4. The summed E-state index contributed by atoms with van der Waals surface area (Å²) in [7, 11) is -4.37. The predicted octanol–water partition coefficient (Wildman–Crippen LogP) is 4.88. The molecule has 1 N–H and O–H groups in total. The highest BCUT2D eigenvalue weighted by atomic mass is 32.2. The molecule has 1 amide bonds. The fourth-order valence-corrected chi connectivity index (χ4v) is 3.96. The molecule has 2 heterocycles. The molecule has 0 saturated carbocycles. The fraction of sp³-hybridized carbons (Fsp3) is 0.292. The molecule has 0 saturated heterocycles. The SMILES string of the molecule is Cc1cccc(S(=O)(=O)NC(=O)c2ccc(-c3cc(F)cc(OCC(C)C)c3)nc2OCC(F)F)n1.[HH].[HH]. The van der Waals surface area contributed by atoms with Gasteiger partial charge in [0.25, 0.3) is 22.4 Å². The molecule has 0 radical (unpaired) electrons. The summed E-state index contributed by atoms with van der Waals surface area (Å²) in [5.74, 6) is -1.92. The Morgan fingerprint density at radius 1 is 1.06 bits per heavy atom. The number of ether oxygens (including phenoxy) is 2. The number of carbonyl (C=O) groups is 1. The zero-order valence-electron chi connectivity index (χ0n) is 19.7. The molecular weight excluding hydrogens is 499 g/mol. The smallest absolute Gasteiger partial charge is 0.281 e. The second-order valence-corrected chi connectivity index (χ2v) is 9.81. The van der Waals surface area contributed by atoms with Gasteiger partial charge in [0.05, 0.1) is 12.3 Å². The largest absolute Gasteiger partial charge is 0.493 e. The number of benzene rings is 1. The van der Waals surface area contributed by atoms with Crippen LogP contribution in [0.3, 0.4) is 0 Å². The van der Waals surface area contributed by atoms with Crippen LogP contribution in [-0.2, 0) is 10.0 Å². The van der Waals surface area contributed by atoms with Gasteiger partial charge in [-0.15, -0.1) is 0 Å². The third kappa shape index (κ3) is 7.17. The van der Waals surface area contributed by atoms with Crippen molar-refractivity contribution in [3.63, 3.8) is 0 Å². The molecule has 0 fully saturated rings. The zero-order valence-corrected chi connectivity index (χ0v) is 20.5. The monoisotopic (exact) mass is 527 g/mol. The summed E-state index contributed by atoms with van der Waals surface area (Å²) in [6.07, 6.45) is -2.89. The third-order valence-electron chi connectivity index (χ3n) is 4.57. The number of aryl methyl sites for hydroxylation is 1. The van der Waals surface area contributed by atoms with Gasteiger partial charge >= 0.3 is 0 Å². The minimum absolute atomic E-state index is 0. The van der Waals surface area contributed by atoms with Crippen LogP contribution in [0, 0.1) is 18.7 Å². The number of aromatic nitrogens is 2. The molecule has 0 spiro atoms. The number of hydrogen-bond donors (Lipinski definition) is 1. The molecule has 3 rings (SSSR count). The summed E-state index contributed by atoms with van der Waals surface area (Å²) in [6, 6.07) is 10.5. The van der Waals surface area contributed by atoms with E-state index >= 15 is 0 Å². The van der Waals surface area contributed by atoms with E-state index in [2.05, 4.69) is 9.97 Å². The zero-order chi connectivity index (χ0) is 26.5. The number of halogens is 3. The maximum absolute atomic E-state index is 14.2. The predicted molar refractivity (Wildman–Crippen MR) is 129 cm³/mol. The van der Waals surface area contributed by atoms with Gasteiger partial charge in [-0.1, -0.05) is 19.9 Å². The molecule has 12 heteroatoms. The lowest BCUT2D eigenvalue weighted by atomic mass is 10.1. The number of carbonyl (C=O) groups excluding carboxylic acids is 1. The quantitative estimate of drug-likeness (QED) is 0.400. The van der Waals surface area contributed by atoms with Gasteiger partial charge in [0, 0.05) is 20.2 Å². The second-order valence-electron chi connectivity index (χ2n) is 8.18. The van der Waals surface area contributed by atoms with Gasteiger partial charge in [-0.25, -0.2) is 27.9 Å². The number of alkyl halides is 2. The van der Waals surface area contributed by atoms with Crippen molar-refractivity contribution >= 4 is 15.9 Å². The Kier molecular flexibility index (Phi) is 8.51. The Balaban J connectivity index is 0.00000361. The maximum atomic E-state index is 14.2. The first-order chi connectivity index (χ1) is 16.9. The highest BCUT2D eigenvalue weighted by Gasteiger charge is 2.24. The standard InChI is InChI=1S/C24H24F3N3O5S.2H2/c1-14(2)12-34-18-10-16(9-17(25)11-18)20-8-7-19(24(29-20)35-13-21(26)27)23(31)30-36(32,33)22-6-4-5-15(3)28-22;;/h4-11,14,21H,12-13H2,1-3H3,(H,30,31);2*1H. The van der Waals surface area contributed by atoms with E-state index in [0.717, 1.165) is 12.1 Å².